The van der Waals surface area contributed by atoms with E-state index in [0.29, 0.717) is 18.0 Å². The van der Waals surface area contributed by atoms with E-state index < -0.39 is 5.60 Å². The molecule has 4 rings (SSSR count). The number of hydrogen-bond acceptors (Lipinski definition) is 4. The maximum Gasteiger partial charge on any atom is 0.231 e. The smallest absolute Gasteiger partial charge is 0.231 e. The molecule has 2 aromatic rings. The number of hydrogen-bond donors (Lipinski definition) is 2. The molecule has 114 valence electrons. The molecule has 0 spiro atoms. The second-order valence-electron chi connectivity index (χ2n) is 5.79. The molecule has 2 aliphatic rings. The number of β-amino-alcohol motifs (C(OH)–C–C–N with tert-alkyl or cyclic N) is 1. The Labute approximate surface area is 133 Å². The minimum absolute atomic E-state index is 0.0789. The topological polar surface area (TPSA) is 50.7 Å². The number of halogens is 1. The molecule has 0 amide bonds. The number of ether oxygens (including phenoxy) is 2. The van der Waals surface area contributed by atoms with Gasteiger partial charge >= 0.3 is 0 Å². The third-order valence-corrected chi connectivity index (χ3v) is 4.62. The summed E-state index contributed by atoms with van der Waals surface area (Å²) >= 11 is 5.92. The van der Waals surface area contributed by atoms with E-state index >= 15 is 0 Å². The second kappa shape index (κ2) is 5.16. The zero-order chi connectivity index (χ0) is 15.2. The maximum atomic E-state index is 10.9. The van der Waals surface area contributed by atoms with Gasteiger partial charge in [-0.3, -0.25) is 0 Å². The standard InChI is InChI=1S/C17H16ClNO3/c18-13-4-2-12(3-5-13)17(20)8-14(19-9-17)11-1-6-15-16(7-11)22-10-21-15/h1-7,14,19-20H,8-10H2. The first-order valence-corrected chi connectivity index (χ1v) is 7.63. The molecule has 4 nitrogen and oxygen atoms in total. The van der Waals surface area contributed by atoms with Crippen LogP contribution >= 0.6 is 11.6 Å². The van der Waals surface area contributed by atoms with Crippen molar-refractivity contribution < 1.29 is 14.6 Å². The fourth-order valence-corrected chi connectivity index (χ4v) is 3.25. The Morgan fingerprint density at radius 2 is 1.86 bits per heavy atom. The lowest BCUT2D eigenvalue weighted by Gasteiger charge is -2.22. The van der Waals surface area contributed by atoms with Crippen molar-refractivity contribution in [2.45, 2.75) is 18.1 Å². The molecule has 0 aliphatic carbocycles. The van der Waals surface area contributed by atoms with Crippen LogP contribution < -0.4 is 14.8 Å². The molecule has 2 atom stereocenters. The lowest BCUT2D eigenvalue weighted by atomic mass is 9.89. The first kappa shape index (κ1) is 13.9. The lowest BCUT2D eigenvalue weighted by molar-refractivity contribution is 0.0559. The van der Waals surface area contributed by atoms with E-state index in [2.05, 4.69) is 5.32 Å². The van der Waals surface area contributed by atoms with Gasteiger partial charge < -0.3 is 19.9 Å². The van der Waals surface area contributed by atoms with E-state index in [0.717, 1.165) is 22.6 Å². The van der Waals surface area contributed by atoms with Crippen LogP contribution in [0, 0.1) is 0 Å². The van der Waals surface area contributed by atoms with Crippen LogP contribution in [0.3, 0.4) is 0 Å². The van der Waals surface area contributed by atoms with Crippen LogP contribution in [-0.2, 0) is 5.60 Å². The molecule has 1 saturated heterocycles. The second-order valence-corrected chi connectivity index (χ2v) is 6.23. The Morgan fingerprint density at radius 3 is 2.68 bits per heavy atom. The molecule has 2 aliphatic heterocycles. The minimum atomic E-state index is -0.883. The van der Waals surface area contributed by atoms with Crippen molar-refractivity contribution in [3.63, 3.8) is 0 Å². The quantitative estimate of drug-likeness (QED) is 0.894. The first-order chi connectivity index (χ1) is 10.6. The Morgan fingerprint density at radius 1 is 1.09 bits per heavy atom. The highest BCUT2D eigenvalue weighted by molar-refractivity contribution is 6.30. The van der Waals surface area contributed by atoms with E-state index in [1.807, 2.05) is 42.5 Å². The van der Waals surface area contributed by atoms with E-state index in [4.69, 9.17) is 21.1 Å². The number of benzene rings is 2. The van der Waals surface area contributed by atoms with Gasteiger partial charge in [0.25, 0.3) is 0 Å². The third-order valence-electron chi connectivity index (χ3n) is 4.36. The number of aliphatic hydroxyl groups is 1. The Bertz CT molecular complexity index is 704. The zero-order valence-electron chi connectivity index (χ0n) is 11.9. The van der Waals surface area contributed by atoms with E-state index in [1.165, 1.54) is 0 Å². The van der Waals surface area contributed by atoms with Gasteiger partial charge in [-0.25, -0.2) is 0 Å². The van der Waals surface area contributed by atoms with Gasteiger partial charge in [0.15, 0.2) is 11.5 Å². The molecule has 0 saturated carbocycles. The lowest BCUT2D eigenvalue weighted by Crippen LogP contribution is -2.28. The van der Waals surface area contributed by atoms with Crippen molar-refractivity contribution in [1.29, 1.82) is 0 Å². The van der Waals surface area contributed by atoms with Gasteiger partial charge in [-0.15, -0.1) is 0 Å². The van der Waals surface area contributed by atoms with Crippen LogP contribution in [0.4, 0.5) is 0 Å². The van der Waals surface area contributed by atoms with Crippen LogP contribution in [0.1, 0.15) is 23.6 Å². The fraction of sp³-hybridized carbons (Fsp3) is 0.294. The molecule has 0 bridgehead atoms. The molecule has 0 radical (unpaired) electrons. The van der Waals surface area contributed by atoms with Crippen molar-refractivity contribution in [2.24, 2.45) is 0 Å². The summed E-state index contributed by atoms with van der Waals surface area (Å²) < 4.78 is 10.8. The number of fused-ring (bicyclic) bond motifs is 1. The summed E-state index contributed by atoms with van der Waals surface area (Å²) in [7, 11) is 0. The average Bonchev–Trinajstić information content (AvgIpc) is 3.14. The summed E-state index contributed by atoms with van der Waals surface area (Å²) in [6.45, 7) is 0.777. The van der Waals surface area contributed by atoms with E-state index in [-0.39, 0.29) is 12.8 Å². The average molecular weight is 318 g/mol. The molecule has 2 unspecified atom stereocenters. The number of rotatable bonds is 2. The molecule has 2 N–H and O–H groups in total. The number of nitrogens with one attached hydrogen (secondary N) is 1. The van der Waals surface area contributed by atoms with E-state index in [1.54, 1.807) is 0 Å². The molecule has 22 heavy (non-hydrogen) atoms. The van der Waals surface area contributed by atoms with E-state index in [9.17, 15) is 5.11 Å². The van der Waals surface area contributed by atoms with Gasteiger partial charge in [0.1, 0.15) is 5.60 Å². The van der Waals surface area contributed by atoms with Crippen molar-refractivity contribution in [2.75, 3.05) is 13.3 Å². The predicted molar refractivity (Wildman–Crippen MR) is 83.3 cm³/mol. The van der Waals surface area contributed by atoms with Gasteiger partial charge in [0, 0.05) is 24.0 Å². The molecule has 0 aromatic heterocycles. The molecular formula is C17H16ClNO3. The van der Waals surface area contributed by atoms with Crippen molar-refractivity contribution in [3.8, 4) is 11.5 Å². The molecule has 2 aromatic carbocycles. The van der Waals surface area contributed by atoms with Crippen LogP contribution in [0.25, 0.3) is 0 Å². The van der Waals surface area contributed by atoms with Crippen LogP contribution in [0.15, 0.2) is 42.5 Å². The van der Waals surface area contributed by atoms with Crippen molar-refractivity contribution >= 4 is 11.6 Å². The Balaban J connectivity index is 1.58. The Hall–Kier alpha value is -1.75. The van der Waals surface area contributed by atoms with Gasteiger partial charge in [-0.1, -0.05) is 29.8 Å². The molecule has 5 heteroatoms. The van der Waals surface area contributed by atoms with Crippen molar-refractivity contribution in [1.82, 2.24) is 5.32 Å². The Kier molecular flexibility index (Phi) is 3.26. The van der Waals surface area contributed by atoms with Crippen LogP contribution in [0.5, 0.6) is 11.5 Å². The monoisotopic (exact) mass is 317 g/mol. The van der Waals surface area contributed by atoms with Crippen molar-refractivity contribution in [3.05, 3.63) is 58.6 Å². The van der Waals surface area contributed by atoms with Crippen LogP contribution in [0.2, 0.25) is 5.02 Å². The predicted octanol–water partition coefficient (Wildman–Crippen LogP) is 2.99. The summed E-state index contributed by atoms with van der Waals surface area (Å²) in [5.41, 5.74) is 1.09. The summed E-state index contributed by atoms with van der Waals surface area (Å²) in [5.74, 6) is 1.54. The fourth-order valence-electron chi connectivity index (χ4n) is 3.12. The normalized spacial score (nSPS) is 26.4. The largest absolute Gasteiger partial charge is 0.454 e. The zero-order valence-corrected chi connectivity index (χ0v) is 12.6. The third kappa shape index (κ3) is 2.33. The molecular weight excluding hydrogens is 302 g/mol. The molecule has 1 fully saturated rings. The summed E-state index contributed by atoms with van der Waals surface area (Å²) in [4.78, 5) is 0. The maximum absolute atomic E-state index is 10.9. The van der Waals surface area contributed by atoms with Gasteiger partial charge in [-0.2, -0.15) is 0 Å². The summed E-state index contributed by atoms with van der Waals surface area (Å²) in [6.07, 6.45) is 0.605. The minimum Gasteiger partial charge on any atom is -0.454 e. The summed E-state index contributed by atoms with van der Waals surface area (Å²) in [6, 6.07) is 13.4. The first-order valence-electron chi connectivity index (χ1n) is 7.25. The van der Waals surface area contributed by atoms with Gasteiger partial charge in [-0.05, 0) is 35.4 Å². The highest BCUT2D eigenvalue weighted by atomic mass is 35.5. The highest BCUT2D eigenvalue weighted by Gasteiger charge is 2.39. The van der Waals surface area contributed by atoms with Gasteiger partial charge in [0.05, 0.1) is 0 Å². The van der Waals surface area contributed by atoms with Crippen LogP contribution in [-0.4, -0.2) is 18.4 Å². The van der Waals surface area contributed by atoms with Gasteiger partial charge in [0.2, 0.25) is 6.79 Å². The highest BCUT2D eigenvalue weighted by Crippen LogP contribution is 2.40. The summed E-state index contributed by atoms with van der Waals surface area (Å²) in [5, 5.41) is 15.0. The SMILES string of the molecule is OC1(c2ccc(Cl)cc2)CNC(c2ccc3c(c2)OCO3)C1. The molecule has 2 heterocycles.